The van der Waals surface area contributed by atoms with E-state index < -0.39 is 0 Å². The van der Waals surface area contributed by atoms with E-state index in [-0.39, 0.29) is 17.5 Å². The molecule has 0 unspecified atom stereocenters. The lowest BCUT2D eigenvalue weighted by atomic mass is 10.0. The highest BCUT2D eigenvalue weighted by atomic mass is 16.2. The number of nitrogens with one attached hydrogen (secondary N) is 1. The van der Waals surface area contributed by atoms with Gasteiger partial charge in [-0.25, -0.2) is 9.97 Å². The summed E-state index contributed by atoms with van der Waals surface area (Å²) in [5.74, 6) is 0.717. The summed E-state index contributed by atoms with van der Waals surface area (Å²) in [6, 6.07) is 4.29. The first-order chi connectivity index (χ1) is 13.1. The summed E-state index contributed by atoms with van der Waals surface area (Å²) in [5, 5.41) is 0. The number of aromatic nitrogens is 3. The zero-order chi connectivity index (χ0) is 19.0. The number of aromatic amines is 1. The third-order valence-electron chi connectivity index (χ3n) is 5.16. The van der Waals surface area contributed by atoms with Gasteiger partial charge < -0.3 is 14.8 Å². The predicted octanol–water partition coefficient (Wildman–Crippen LogP) is 1.76. The average Bonchev–Trinajstić information content (AvgIpc) is 3.49. The number of H-pyrrole nitrogens is 1. The van der Waals surface area contributed by atoms with Gasteiger partial charge in [-0.15, -0.1) is 0 Å². The molecular weight excluding hydrogens is 342 g/mol. The van der Waals surface area contributed by atoms with Gasteiger partial charge >= 0.3 is 0 Å². The van der Waals surface area contributed by atoms with E-state index in [1.165, 1.54) is 6.08 Å². The molecule has 2 fully saturated rings. The Kier molecular flexibility index (Phi) is 4.51. The SMILES string of the molecule is C=CC(=O)N1CC(N(c2cc(-c3ccnc(CC)n3)c[nH]c2=O)C2CC2)C1. The standard InChI is InChI=1S/C20H23N5O2/c1-3-18-21-8-7-16(23-18)13-9-17(20(27)22-10-13)25(14-5-6-14)15-11-24(12-15)19(26)4-2/h4,7-10,14-15H,2-3,5-6,11-12H2,1H3,(H,22,27). The van der Waals surface area contributed by atoms with E-state index in [4.69, 9.17) is 0 Å². The van der Waals surface area contributed by atoms with Crippen molar-refractivity contribution in [3.05, 3.63) is 53.4 Å². The van der Waals surface area contributed by atoms with Crippen molar-refractivity contribution in [2.24, 2.45) is 0 Å². The van der Waals surface area contributed by atoms with Crippen molar-refractivity contribution in [3.8, 4) is 11.3 Å². The van der Waals surface area contributed by atoms with Crippen molar-refractivity contribution in [1.29, 1.82) is 0 Å². The van der Waals surface area contributed by atoms with Crippen LogP contribution in [0.3, 0.4) is 0 Å². The molecule has 1 amide bonds. The second-order valence-electron chi connectivity index (χ2n) is 7.05. The molecule has 0 aromatic carbocycles. The van der Waals surface area contributed by atoms with Crippen LogP contribution in [0.2, 0.25) is 0 Å². The molecule has 0 bridgehead atoms. The number of likely N-dealkylation sites (tertiary alicyclic amines) is 1. The second kappa shape index (κ2) is 6.98. The van der Waals surface area contributed by atoms with Crippen molar-refractivity contribution in [3.63, 3.8) is 0 Å². The summed E-state index contributed by atoms with van der Waals surface area (Å²) in [6.45, 7) is 6.80. The lowest BCUT2D eigenvalue weighted by Crippen LogP contribution is -2.62. The molecule has 4 rings (SSSR count). The smallest absolute Gasteiger partial charge is 0.271 e. The van der Waals surface area contributed by atoms with Gasteiger partial charge in [0, 0.05) is 43.5 Å². The Morgan fingerprint density at radius 3 is 2.85 bits per heavy atom. The molecule has 1 aliphatic carbocycles. The van der Waals surface area contributed by atoms with Crippen LogP contribution in [0.4, 0.5) is 5.69 Å². The van der Waals surface area contributed by atoms with Gasteiger partial charge in [0.2, 0.25) is 5.91 Å². The lowest BCUT2D eigenvalue weighted by molar-refractivity contribution is -0.130. The maximum Gasteiger partial charge on any atom is 0.271 e. The van der Waals surface area contributed by atoms with Crippen LogP contribution in [-0.4, -0.2) is 50.9 Å². The predicted molar refractivity (Wildman–Crippen MR) is 104 cm³/mol. The molecule has 1 aliphatic heterocycles. The molecule has 2 aromatic heterocycles. The highest BCUT2D eigenvalue weighted by Crippen LogP contribution is 2.35. The first kappa shape index (κ1) is 17.5. The minimum atomic E-state index is -0.107. The van der Waals surface area contributed by atoms with Gasteiger partial charge in [0.15, 0.2) is 0 Å². The number of aryl methyl sites for hydroxylation is 1. The fourth-order valence-electron chi connectivity index (χ4n) is 3.53. The maximum atomic E-state index is 12.6. The van der Waals surface area contributed by atoms with Crippen LogP contribution < -0.4 is 10.5 Å². The van der Waals surface area contributed by atoms with Crippen LogP contribution in [-0.2, 0) is 11.2 Å². The van der Waals surface area contributed by atoms with Gasteiger partial charge in [0.25, 0.3) is 5.56 Å². The number of carbonyl (C=O) groups is 1. The Bertz CT molecular complexity index is 928. The molecule has 7 nitrogen and oxygen atoms in total. The first-order valence-electron chi connectivity index (χ1n) is 9.35. The largest absolute Gasteiger partial charge is 0.358 e. The molecule has 0 atom stereocenters. The zero-order valence-corrected chi connectivity index (χ0v) is 15.4. The average molecular weight is 365 g/mol. The summed E-state index contributed by atoms with van der Waals surface area (Å²) in [6.07, 6.45) is 7.69. The molecule has 1 saturated heterocycles. The van der Waals surface area contributed by atoms with Gasteiger partial charge in [-0.3, -0.25) is 9.59 Å². The van der Waals surface area contributed by atoms with Gasteiger partial charge in [0.1, 0.15) is 11.5 Å². The highest BCUT2D eigenvalue weighted by Gasteiger charge is 2.42. The second-order valence-corrected chi connectivity index (χ2v) is 7.05. The first-order valence-corrected chi connectivity index (χ1v) is 9.35. The Labute approximate surface area is 157 Å². The number of hydrogen-bond acceptors (Lipinski definition) is 5. The number of hydrogen-bond donors (Lipinski definition) is 1. The topological polar surface area (TPSA) is 82.2 Å². The molecule has 0 radical (unpaired) electrons. The van der Waals surface area contributed by atoms with Crippen LogP contribution >= 0.6 is 0 Å². The van der Waals surface area contributed by atoms with E-state index in [0.717, 1.165) is 36.3 Å². The van der Waals surface area contributed by atoms with E-state index in [2.05, 4.69) is 26.4 Å². The fraction of sp³-hybridized carbons (Fsp3) is 0.400. The number of amides is 1. The summed E-state index contributed by atoms with van der Waals surface area (Å²) >= 11 is 0. The van der Waals surface area contributed by atoms with Crippen molar-refractivity contribution < 1.29 is 4.79 Å². The molecule has 7 heteroatoms. The number of pyridine rings is 1. The van der Waals surface area contributed by atoms with Crippen molar-refractivity contribution in [2.45, 2.75) is 38.3 Å². The summed E-state index contributed by atoms with van der Waals surface area (Å²) in [4.78, 5) is 40.0. The molecule has 140 valence electrons. The fourth-order valence-corrected chi connectivity index (χ4v) is 3.53. The van der Waals surface area contributed by atoms with Crippen molar-refractivity contribution in [2.75, 3.05) is 18.0 Å². The van der Waals surface area contributed by atoms with Gasteiger partial charge in [-0.1, -0.05) is 13.5 Å². The van der Waals surface area contributed by atoms with Crippen molar-refractivity contribution >= 4 is 11.6 Å². The summed E-state index contributed by atoms with van der Waals surface area (Å²) in [7, 11) is 0. The normalized spacial score (nSPS) is 16.7. The van der Waals surface area contributed by atoms with Crippen LogP contribution in [0.15, 0.2) is 42.0 Å². The molecule has 2 aliphatic rings. The molecule has 0 spiro atoms. The third-order valence-corrected chi connectivity index (χ3v) is 5.16. The Hall–Kier alpha value is -2.96. The highest BCUT2D eigenvalue weighted by molar-refractivity contribution is 5.88. The van der Waals surface area contributed by atoms with E-state index in [9.17, 15) is 9.59 Å². The number of anilines is 1. The van der Waals surface area contributed by atoms with Gasteiger partial charge in [-0.05, 0) is 31.1 Å². The third kappa shape index (κ3) is 3.37. The molecule has 3 heterocycles. The summed E-state index contributed by atoms with van der Waals surface area (Å²) < 4.78 is 0. The maximum absolute atomic E-state index is 12.6. The molecule has 1 saturated carbocycles. The van der Waals surface area contributed by atoms with Gasteiger partial charge in [-0.2, -0.15) is 0 Å². The van der Waals surface area contributed by atoms with Gasteiger partial charge in [0.05, 0.1) is 11.7 Å². The minimum absolute atomic E-state index is 0.0577. The van der Waals surface area contributed by atoms with Crippen LogP contribution in [0.1, 0.15) is 25.6 Å². The molecule has 1 N–H and O–H groups in total. The molecular formula is C20H23N5O2. The zero-order valence-electron chi connectivity index (χ0n) is 15.4. The Balaban J connectivity index is 1.64. The van der Waals surface area contributed by atoms with Crippen LogP contribution in [0.25, 0.3) is 11.3 Å². The minimum Gasteiger partial charge on any atom is -0.358 e. The van der Waals surface area contributed by atoms with Crippen LogP contribution in [0, 0.1) is 0 Å². The number of rotatable bonds is 6. The van der Waals surface area contributed by atoms with E-state index in [1.54, 1.807) is 17.3 Å². The molecule has 2 aromatic rings. The van der Waals surface area contributed by atoms with E-state index >= 15 is 0 Å². The lowest BCUT2D eigenvalue weighted by Gasteiger charge is -2.46. The number of nitrogens with zero attached hydrogens (tertiary/aromatic N) is 4. The van der Waals surface area contributed by atoms with E-state index in [0.29, 0.717) is 24.8 Å². The van der Waals surface area contributed by atoms with E-state index in [1.807, 2.05) is 19.1 Å². The van der Waals surface area contributed by atoms with Crippen LogP contribution in [0.5, 0.6) is 0 Å². The Morgan fingerprint density at radius 2 is 2.19 bits per heavy atom. The van der Waals surface area contributed by atoms with Crippen molar-refractivity contribution in [1.82, 2.24) is 19.9 Å². The Morgan fingerprint density at radius 1 is 1.41 bits per heavy atom. The molecule has 27 heavy (non-hydrogen) atoms. The monoisotopic (exact) mass is 365 g/mol. The summed E-state index contributed by atoms with van der Waals surface area (Å²) in [5.41, 5.74) is 2.21. The quantitative estimate of drug-likeness (QED) is 0.789. The number of carbonyl (C=O) groups excluding carboxylic acids is 1.